The van der Waals surface area contributed by atoms with Crippen molar-refractivity contribution in [3.05, 3.63) is 139 Å². The fraction of sp³-hybridized carbons (Fsp3) is 0.422. The number of hydrogen-bond donors (Lipinski definition) is 1. The van der Waals surface area contributed by atoms with Crippen molar-refractivity contribution >= 4 is 58.2 Å². The lowest BCUT2D eigenvalue weighted by molar-refractivity contribution is -0.132. The Bertz CT molecular complexity index is 1760. The smallest absolute Gasteiger partial charge is 0.227 e. The van der Waals surface area contributed by atoms with E-state index >= 15 is 0 Å². The van der Waals surface area contributed by atoms with E-state index in [0.29, 0.717) is 32.1 Å². The first-order chi connectivity index (χ1) is 27.0. The van der Waals surface area contributed by atoms with Gasteiger partial charge in [0.1, 0.15) is 0 Å². The normalized spacial score (nSPS) is 18.5. The van der Waals surface area contributed by atoms with Gasteiger partial charge in [-0.05, 0) is 97.8 Å². The zero-order valence-corrected chi connectivity index (χ0v) is 35.4. The third-order valence-corrected chi connectivity index (χ3v) is 13.0. The van der Waals surface area contributed by atoms with Gasteiger partial charge in [0.2, 0.25) is 11.8 Å². The minimum atomic E-state index is -0.0579. The van der Waals surface area contributed by atoms with Gasteiger partial charge in [0.05, 0.1) is 45.0 Å². The van der Waals surface area contributed by atoms with Crippen molar-refractivity contribution < 1.29 is 9.59 Å². The maximum atomic E-state index is 13.5. The van der Waals surface area contributed by atoms with Gasteiger partial charge in [0.15, 0.2) is 0 Å². The van der Waals surface area contributed by atoms with E-state index in [-0.39, 0.29) is 36.7 Å². The Labute approximate surface area is 352 Å². The number of likely N-dealkylation sites (tertiary alicyclic amines) is 2. The highest BCUT2D eigenvalue weighted by Gasteiger charge is 2.31. The number of nitrogens with one attached hydrogen (secondary N) is 1. The second-order valence-corrected chi connectivity index (χ2v) is 17.1. The summed E-state index contributed by atoms with van der Waals surface area (Å²) in [5, 5.41) is 5.75. The Kier molecular flexibility index (Phi) is 15.6. The van der Waals surface area contributed by atoms with Gasteiger partial charge in [-0.25, -0.2) is 0 Å². The molecule has 56 heavy (non-hydrogen) atoms. The Hall–Kier alpha value is -3.14. The summed E-state index contributed by atoms with van der Waals surface area (Å²) in [6, 6.07) is 31.8. The van der Waals surface area contributed by atoms with Crippen LogP contribution in [0.3, 0.4) is 0 Å². The van der Waals surface area contributed by atoms with E-state index in [1.54, 1.807) is 24.3 Å². The predicted molar refractivity (Wildman–Crippen MR) is 231 cm³/mol. The summed E-state index contributed by atoms with van der Waals surface area (Å²) >= 11 is 24.7. The molecule has 1 unspecified atom stereocenters. The molecule has 2 amide bonds. The topological polar surface area (TPSA) is 59.1 Å². The molecular formula is C45H53Cl4N5O2. The summed E-state index contributed by atoms with van der Waals surface area (Å²) in [5.74, 6) is 0.752. The van der Waals surface area contributed by atoms with Gasteiger partial charge in [0, 0.05) is 46.3 Å². The van der Waals surface area contributed by atoms with E-state index < -0.39 is 0 Å². The van der Waals surface area contributed by atoms with Crippen LogP contribution in [0.5, 0.6) is 0 Å². The second-order valence-electron chi connectivity index (χ2n) is 15.5. The van der Waals surface area contributed by atoms with Gasteiger partial charge in [-0.1, -0.05) is 119 Å². The molecule has 1 N–H and O–H groups in total. The first kappa shape index (κ1) is 42.5. The molecule has 4 atom stereocenters. The lowest BCUT2D eigenvalue weighted by atomic mass is 10.0. The average Bonchev–Trinajstić information content (AvgIpc) is 3.86. The molecule has 0 aliphatic carbocycles. The van der Waals surface area contributed by atoms with Crippen LogP contribution in [0.25, 0.3) is 0 Å². The molecule has 2 aliphatic rings. The minimum absolute atomic E-state index is 0.0424. The summed E-state index contributed by atoms with van der Waals surface area (Å²) in [7, 11) is 3.83. The third-order valence-electron chi connectivity index (χ3n) is 11.5. The Balaban J connectivity index is 0.952. The van der Waals surface area contributed by atoms with Crippen molar-refractivity contribution in [2.24, 2.45) is 5.92 Å². The first-order valence-electron chi connectivity index (χ1n) is 19.7. The Morgan fingerprint density at radius 2 is 1.14 bits per heavy atom. The molecule has 2 heterocycles. The standard InChI is InChI=1S/C45H53Cl4N5O2/c1-51(44(55)26-33-15-17-38(46)40(48)24-33)42(35-11-5-3-6-12-35)30-53-22-19-32(28-53)10-9-21-50-37-20-23-54(29-37)31-43(36-13-7-4-8-14-36)52(2)45(56)27-34-16-18-39(47)41(49)25-34/h3-8,11-18,24-25,32,37,42-43,50H,9-10,19-23,26-31H2,1-2H3/t32-,37-,42+,43?/m0/s1. The van der Waals surface area contributed by atoms with E-state index in [2.05, 4.69) is 39.4 Å². The first-order valence-corrected chi connectivity index (χ1v) is 21.2. The summed E-state index contributed by atoms with van der Waals surface area (Å²) in [4.78, 5) is 35.8. The number of likely N-dealkylation sites (N-methyl/N-ethyl adjacent to an activating group) is 2. The fourth-order valence-electron chi connectivity index (χ4n) is 8.16. The molecular weight excluding hydrogens is 784 g/mol. The van der Waals surface area contributed by atoms with Gasteiger partial charge in [0.25, 0.3) is 0 Å². The number of rotatable bonds is 17. The highest BCUT2D eigenvalue weighted by molar-refractivity contribution is 6.42. The highest BCUT2D eigenvalue weighted by Crippen LogP contribution is 2.29. The molecule has 11 heteroatoms. The molecule has 298 valence electrons. The fourth-order valence-corrected chi connectivity index (χ4v) is 8.81. The lowest BCUT2D eigenvalue weighted by Gasteiger charge is -2.32. The third kappa shape index (κ3) is 11.7. The van der Waals surface area contributed by atoms with Gasteiger partial charge >= 0.3 is 0 Å². The van der Waals surface area contributed by atoms with Crippen molar-refractivity contribution in [3.8, 4) is 0 Å². The average molecular weight is 838 g/mol. The second kappa shape index (κ2) is 20.5. The number of carbonyl (C=O) groups is 2. The van der Waals surface area contributed by atoms with E-state index in [9.17, 15) is 9.59 Å². The van der Waals surface area contributed by atoms with Crippen LogP contribution >= 0.6 is 46.4 Å². The van der Waals surface area contributed by atoms with Gasteiger partial charge in [-0.2, -0.15) is 0 Å². The molecule has 0 radical (unpaired) electrons. The molecule has 0 saturated carbocycles. The number of amides is 2. The molecule has 4 aromatic rings. The lowest BCUT2D eigenvalue weighted by Crippen LogP contribution is -2.40. The summed E-state index contributed by atoms with van der Waals surface area (Å²) in [5.41, 5.74) is 3.99. The van der Waals surface area contributed by atoms with Crippen LogP contribution in [0.1, 0.15) is 60.0 Å². The van der Waals surface area contributed by atoms with Gasteiger partial charge < -0.3 is 20.0 Å². The number of hydrogen-bond acceptors (Lipinski definition) is 5. The van der Waals surface area contributed by atoms with E-state index in [1.807, 2.05) is 72.4 Å². The van der Waals surface area contributed by atoms with E-state index in [4.69, 9.17) is 46.4 Å². The predicted octanol–water partition coefficient (Wildman–Crippen LogP) is 9.25. The molecule has 4 aromatic carbocycles. The molecule has 2 saturated heterocycles. The van der Waals surface area contributed by atoms with E-state index in [0.717, 1.165) is 80.9 Å². The van der Waals surface area contributed by atoms with Crippen molar-refractivity contribution in [1.82, 2.24) is 24.9 Å². The summed E-state index contributed by atoms with van der Waals surface area (Å²) in [6.45, 7) is 6.64. The Morgan fingerprint density at radius 1 is 0.661 bits per heavy atom. The van der Waals surface area contributed by atoms with Crippen LogP contribution in [-0.4, -0.2) is 97.4 Å². The maximum Gasteiger partial charge on any atom is 0.227 e. The number of benzene rings is 4. The summed E-state index contributed by atoms with van der Waals surface area (Å²) in [6.07, 6.45) is 5.14. The zero-order chi connectivity index (χ0) is 39.6. The van der Waals surface area contributed by atoms with Gasteiger partial charge in [-0.15, -0.1) is 0 Å². The summed E-state index contributed by atoms with van der Waals surface area (Å²) < 4.78 is 0. The largest absolute Gasteiger partial charge is 0.337 e. The molecule has 6 rings (SSSR count). The SMILES string of the molecule is CN(C(=O)Cc1ccc(Cl)c(Cl)c1)C(CN1CC[C@H](NCCC[C@H]2CCN(C[C@H](c3ccccc3)N(C)C(=O)Cc3ccc(Cl)c(Cl)c3)C2)C1)c1ccccc1. The Morgan fingerprint density at radius 3 is 1.64 bits per heavy atom. The van der Waals surface area contributed by atoms with Gasteiger partial charge in [-0.3, -0.25) is 14.5 Å². The van der Waals surface area contributed by atoms with Crippen LogP contribution in [-0.2, 0) is 22.4 Å². The van der Waals surface area contributed by atoms with Crippen LogP contribution in [0, 0.1) is 5.92 Å². The number of nitrogens with zero attached hydrogens (tertiary/aromatic N) is 4. The molecule has 0 aromatic heterocycles. The van der Waals surface area contributed by atoms with Crippen LogP contribution in [0.4, 0.5) is 0 Å². The van der Waals surface area contributed by atoms with E-state index in [1.165, 1.54) is 12.8 Å². The van der Waals surface area contributed by atoms with Crippen molar-refractivity contribution in [3.63, 3.8) is 0 Å². The maximum absolute atomic E-state index is 13.5. The van der Waals surface area contributed by atoms with Crippen molar-refractivity contribution in [1.29, 1.82) is 0 Å². The van der Waals surface area contributed by atoms with Crippen molar-refractivity contribution in [2.45, 2.75) is 56.7 Å². The molecule has 2 aliphatic heterocycles. The molecule has 7 nitrogen and oxygen atoms in total. The monoisotopic (exact) mass is 835 g/mol. The number of halogens is 4. The zero-order valence-electron chi connectivity index (χ0n) is 32.4. The quantitative estimate of drug-likeness (QED) is 0.108. The van der Waals surface area contributed by atoms with Crippen LogP contribution < -0.4 is 5.32 Å². The highest BCUT2D eigenvalue weighted by atomic mass is 35.5. The van der Waals surface area contributed by atoms with Crippen LogP contribution in [0.2, 0.25) is 20.1 Å². The molecule has 2 fully saturated rings. The van der Waals surface area contributed by atoms with Crippen molar-refractivity contribution in [2.75, 3.05) is 59.9 Å². The minimum Gasteiger partial charge on any atom is -0.337 e. The molecule has 0 spiro atoms. The molecule has 0 bridgehead atoms. The number of carbonyl (C=O) groups excluding carboxylic acids is 2. The van der Waals surface area contributed by atoms with Crippen LogP contribution in [0.15, 0.2) is 97.1 Å².